The number of nitrogens with zero attached hydrogens (tertiary/aromatic N) is 1. The van der Waals surface area contributed by atoms with Crippen LogP contribution in [-0.2, 0) is 15.1 Å². The predicted molar refractivity (Wildman–Crippen MR) is 117 cm³/mol. The minimum atomic E-state index is -1.19. The lowest BCUT2D eigenvalue weighted by molar-refractivity contribution is -0.135. The zero-order valence-electron chi connectivity index (χ0n) is 18.2. The fourth-order valence-corrected chi connectivity index (χ4v) is 3.96. The summed E-state index contributed by atoms with van der Waals surface area (Å²) in [5, 5.41) is 5.78. The van der Waals surface area contributed by atoms with Gasteiger partial charge in [0.25, 0.3) is 5.91 Å². The molecule has 164 valence electrons. The largest absolute Gasteiger partial charge is 0.497 e. The van der Waals surface area contributed by atoms with Gasteiger partial charge in [0.1, 0.15) is 17.8 Å². The van der Waals surface area contributed by atoms with Crippen LogP contribution in [0.5, 0.6) is 5.75 Å². The topological polar surface area (TPSA) is 87.7 Å². The van der Waals surface area contributed by atoms with Gasteiger partial charge in [0.15, 0.2) is 0 Å². The van der Waals surface area contributed by atoms with Crippen LogP contribution in [0.2, 0.25) is 0 Å². The van der Waals surface area contributed by atoms with Crippen molar-refractivity contribution in [3.63, 3.8) is 0 Å². The van der Waals surface area contributed by atoms with E-state index in [0.717, 1.165) is 23.3 Å². The molecule has 31 heavy (non-hydrogen) atoms. The Morgan fingerprint density at radius 1 is 1.10 bits per heavy atom. The van der Waals surface area contributed by atoms with Crippen LogP contribution in [0.1, 0.15) is 50.3 Å². The highest BCUT2D eigenvalue weighted by atomic mass is 16.5. The van der Waals surface area contributed by atoms with Crippen LogP contribution in [0.4, 0.5) is 4.79 Å². The molecule has 1 saturated heterocycles. The summed E-state index contributed by atoms with van der Waals surface area (Å²) in [7, 11) is 1.56. The normalized spacial score (nSPS) is 19.1. The van der Waals surface area contributed by atoms with E-state index >= 15 is 0 Å². The molecule has 2 aromatic carbocycles. The Kier molecular flexibility index (Phi) is 6.95. The lowest BCUT2D eigenvalue weighted by Gasteiger charge is -2.26. The van der Waals surface area contributed by atoms with Crippen molar-refractivity contribution in [3.8, 4) is 5.75 Å². The Balaban J connectivity index is 1.76. The minimum absolute atomic E-state index is 0.169. The van der Waals surface area contributed by atoms with Crippen molar-refractivity contribution in [2.75, 3.05) is 13.7 Å². The first kappa shape index (κ1) is 22.3. The summed E-state index contributed by atoms with van der Waals surface area (Å²) in [6, 6.07) is 16.0. The first-order chi connectivity index (χ1) is 14.9. The van der Waals surface area contributed by atoms with Crippen LogP contribution in [0.25, 0.3) is 0 Å². The molecule has 1 fully saturated rings. The predicted octanol–water partition coefficient (Wildman–Crippen LogP) is 3.51. The Hall–Kier alpha value is -3.35. The average molecular weight is 424 g/mol. The molecule has 1 aliphatic rings. The summed E-state index contributed by atoms with van der Waals surface area (Å²) < 4.78 is 5.18. The van der Waals surface area contributed by atoms with Crippen molar-refractivity contribution in [3.05, 3.63) is 65.7 Å². The molecule has 2 atom stereocenters. The van der Waals surface area contributed by atoms with E-state index < -0.39 is 17.5 Å². The number of carbonyl (C=O) groups excluding carboxylic acids is 3. The maximum atomic E-state index is 13.3. The molecule has 0 saturated carbocycles. The third-order valence-corrected chi connectivity index (χ3v) is 5.71. The van der Waals surface area contributed by atoms with Gasteiger partial charge in [-0.15, -0.1) is 0 Å². The van der Waals surface area contributed by atoms with Crippen LogP contribution >= 0.6 is 0 Å². The number of carbonyl (C=O) groups is 3. The van der Waals surface area contributed by atoms with Crippen LogP contribution in [0.15, 0.2) is 54.6 Å². The van der Waals surface area contributed by atoms with Crippen molar-refractivity contribution in [1.82, 2.24) is 15.5 Å². The van der Waals surface area contributed by atoms with Gasteiger partial charge in [0.05, 0.1) is 13.2 Å². The van der Waals surface area contributed by atoms with Crippen molar-refractivity contribution in [2.45, 2.75) is 44.7 Å². The van der Waals surface area contributed by atoms with Crippen LogP contribution in [0.3, 0.4) is 0 Å². The van der Waals surface area contributed by atoms with E-state index in [0.29, 0.717) is 17.7 Å². The van der Waals surface area contributed by atoms with E-state index in [-0.39, 0.29) is 18.5 Å². The second-order valence-electron chi connectivity index (χ2n) is 7.63. The van der Waals surface area contributed by atoms with Gasteiger partial charge in [-0.25, -0.2) is 4.79 Å². The number of ether oxygens (including phenoxy) is 1. The van der Waals surface area contributed by atoms with Gasteiger partial charge < -0.3 is 15.4 Å². The van der Waals surface area contributed by atoms with Gasteiger partial charge in [-0.05, 0) is 36.1 Å². The van der Waals surface area contributed by atoms with E-state index in [4.69, 9.17) is 4.74 Å². The molecule has 0 spiro atoms. The number of amides is 4. The van der Waals surface area contributed by atoms with Gasteiger partial charge in [0, 0.05) is 0 Å². The molecule has 0 aromatic heterocycles. The van der Waals surface area contributed by atoms with Crippen molar-refractivity contribution in [1.29, 1.82) is 0 Å². The summed E-state index contributed by atoms with van der Waals surface area (Å²) in [5.74, 6) is -0.134. The maximum absolute atomic E-state index is 13.3. The van der Waals surface area contributed by atoms with E-state index in [2.05, 4.69) is 10.6 Å². The molecule has 7 nitrogen and oxygen atoms in total. The maximum Gasteiger partial charge on any atom is 0.325 e. The van der Waals surface area contributed by atoms with E-state index in [1.54, 1.807) is 31.4 Å². The van der Waals surface area contributed by atoms with Crippen LogP contribution in [-0.4, -0.2) is 36.4 Å². The minimum Gasteiger partial charge on any atom is -0.497 e. The van der Waals surface area contributed by atoms with Crippen molar-refractivity contribution in [2.24, 2.45) is 0 Å². The number of imide groups is 1. The standard InChI is InChI=1S/C24H29N3O4/c1-4-9-20(17-10-7-6-8-11-17)25-21(28)16-27-22(29)24(5-2,26-23(27)30)18-12-14-19(31-3)15-13-18/h6-8,10-15,20H,4-5,9,16H2,1-3H3,(H,25,28)(H,26,30)/t20-,24+/m1/s1. The van der Waals surface area contributed by atoms with Crippen molar-refractivity contribution >= 4 is 17.8 Å². The molecule has 4 amide bonds. The quantitative estimate of drug-likeness (QED) is 0.604. The number of benzene rings is 2. The highest BCUT2D eigenvalue weighted by Gasteiger charge is 2.51. The highest BCUT2D eigenvalue weighted by molar-refractivity contribution is 6.09. The lowest BCUT2D eigenvalue weighted by atomic mass is 9.87. The first-order valence-corrected chi connectivity index (χ1v) is 10.6. The lowest BCUT2D eigenvalue weighted by Crippen LogP contribution is -2.45. The molecule has 2 aromatic rings. The second kappa shape index (κ2) is 9.64. The fourth-order valence-electron chi connectivity index (χ4n) is 3.96. The number of methoxy groups -OCH3 is 1. The molecule has 1 heterocycles. The molecule has 7 heteroatoms. The summed E-state index contributed by atoms with van der Waals surface area (Å²) >= 11 is 0. The molecular formula is C24H29N3O4. The van der Waals surface area contributed by atoms with E-state index in [1.807, 2.05) is 44.2 Å². The number of hydrogen-bond acceptors (Lipinski definition) is 4. The fraction of sp³-hybridized carbons (Fsp3) is 0.375. The summed E-state index contributed by atoms with van der Waals surface area (Å²) in [6.07, 6.45) is 2.02. The Morgan fingerprint density at radius 2 is 1.77 bits per heavy atom. The zero-order valence-corrected chi connectivity index (χ0v) is 18.2. The SMILES string of the molecule is CCC[C@@H](NC(=O)CN1C(=O)N[C@@](CC)(c2ccc(OC)cc2)C1=O)c1ccccc1. The molecule has 0 radical (unpaired) electrons. The number of urea groups is 1. The van der Waals surface area contributed by atoms with E-state index in [9.17, 15) is 14.4 Å². The summed E-state index contributed by atoms with van der Waals surface area (Å²) in [6.45, 7) is 3.55. The second-order valence-corrected chi connectivity index (χ2v) is 7.63. The Bertz CT molecular complexity index is 930. The Morgan fingerprint density at radius 3 is 2.35 bits per heavy atom. The van der Waals surface area contributed by atoms with Gasteiger partial charge in [-0.1, -0.05) is 62.7 Å². The smallest absolute Gasteiger partial charge is 0.325 e. The van der Waals surface area contributed by atoms with Gasteiger partial charge in [0.2, 0.25) is 5.91 Å². The molecular weight excluding hydrogens is 394 g/mol. The van der Waals surface area contributed by atoms with Crippen LogP contribution in [0, 0.1) is 0 Å². The molecule has 0 aliphatic carbocycles. The number of hydrogen-bond donors (Lipinski definition) is 2. The average Bonchev–Trinajstić information content (AvgIpc) is 3.04. The third kappa shape index (κ3) is 4.55. The molecule has 2 N–H and O–H groups in total. The monoisotopic (exact) mass is 423 g/mol. The Labute approximate surface area is 182 Å². The third-order valence-electron chi connectivity index (χ3n) is 5.71. The highest BCUT2D eigenvalue weighted by Crippen LogP contribution is 2.33. The van der Waals surface area contributed by atoms with Gasteiger partial charge in [-0.2, -0.15) is 0 Å². The zero-order chi connectivity index (χ0) is 22.4. The molecule has 3 rings (SSSR count). The van der Waals surface area contributed by atoms with Gasteiger partial charge in [-0.3, -0.25) is 14.5 Å². The molecule has 0 bridgehead atoms. The van der Waals surface area contributed by atoms with E-state index in [1.165, 1.54) is 0 Å². The van der Waals surface area contributed by atoms with Gasteiger partial charge >= 0.3 is 6.03 Å². The molecule has 1 aliphatic heterocycles. The number of nitrogens with one attached hydrogen (secondary N) is 2. The van der Waals surface area contributed by atoms with Crippen molar-refractivity contribution < 1.29 is 19.1 Å². The summed E-state index contributed by atoms with van der Waals surface area (Å²) in [5.41, 5.74) is 0.465. The first-order valence-electron chi connectivity index (χ1n) is 10.6. The summed E-state index contributed by atoms with van der Waals surface area (Å²) in [4.78, 5) is 39.7. The molecule has 0 unspecified atom stereocenters. The number of rotatable bonds is 9. The van der Waals surface area contributed by atoms with Crippen LogP contribution < -0.4 is 15.4 Å².